The van der Waals surface area contributed by atoms with Gasteiger partial charge in [-0.05, 0) is 30.7 Å². The van der Waals surface area contributed by atoms with E-state index in [4.69, 9.17) is 0 Å². The van der Waals surface area contributed by atoms with Gasteiger partial charge >= 0.3 is 5.97 Å². The van der Waals surface area contributed by atoms with Crippen molar-refractivity contribution in [3.8, 4) is 0 Å². The molecule has 0 saturated heterocycles. The number of carbonyl (C=O) groups is 2. The smallest absolute Gasteiger partial charge is 0.326 e. The van der Waals surface area contributed by atoms with Crippen molar-refractivity contribution in [1.82, 2.24) is 15.5 Å². The Hall–Kier alpha value is -2.18. The first-order chi connectivity index (χ1) is 10.3. The van der Waals surface area contributed by atoms with Crippen LogP contribution in [0.4, 0.5) is 0 Å². The van der Waals surface area contributed by atoms with Gasteiger partial charge in [0, 0.05) is 0 Å². The maximum atomic E-state index is 12.4. The van der Waals surface area contributed by atoms with Gasteiger partial charge in [0.05, 0.1) is 5.69 Å². The fourth-order valence-electron chi connectivity index (χ4n) is 2.36. The van der Waals surface area contributed by atoms with Crippen molar-refractivity contribution in [1.29, 1.82) is 0 Å². The lowest BCUT2D eigenvalue weighted by Gasteiger charge is -2.17. The molecule has 1 aromatic rings. The van der Waals surface area contributed by atoms with Crippen LogP contribution >= 0.6 is 0 Å². The molecule has 3 N–H and O–H groups in total. The summed E-state index contributed by atoms with van der Waals surface area (Å²) in [4.78, 5) is 35.6. The van der Waals surface area contributed by atoms with Crippen LogP contribution in [0.5, 0.6) is 0 Å². The van der Waals surface area contributed by atoms with Crippen LogP contribution in [0, 0.1) is 5.92 Å². The summed E-state index contributed by atoms with van der Waals surface area (Å²) in [5.41, 5.74) is 0.574. The van der Waals surface area contributed by atoms with Gasteiger partial charge in [-0.25, -0.2) is 9.89 Å². The van der Waals surface area contributed by atoms with Gasteiger partial charge in [0.1, 0.15) is 11.6 Å². The van der Waals surface area contributed by atoms with Crippen LogP contribution in [0.3, 0.4) is 0 Å². The molecule has 1 aromatic heterocycles. The first-order valence-electron chi connectivity index (χ1n) is 7.45. The lowest BCUT2D eigenvalue weighted by Crippen LogP contribution is -2.44. The number of rotatable bonds is 7. The summed E-state index contributed by atoms with van der Waals surface area (Å²) in [7, 11) is 0. The van der Waals surface area contributed by atoms with E-state index >= 15 is 0 Å². The maximum absolute atomic E-state index is 12.4. The third kappa shape index (κ3) is 4.16. The van der Waals surface area contributed by atoms with E-state index < -0.39 is 23.5 Å². The molecule has 1 atom stereocenters. The quantitative estimate of drug-likeness (QED) is 0.699. The van der Waals surface area contributed by atoms with E-state index in [1.54, 1.807) is 0 Å². The Kier molecular flexibility index (Phi) is 6.27. The average molecular weight is 309 g/mol. The molecular weight excluding hydrogens is 286 g/mol. The van der Waals surface area contributed by atoms with Crippen molar-refractivity contribution in [2.24, 2.45) is 5.92 Å². The number of H-pyrrole nitrogens is 1. The second-order valence-electron chi connectivity index (χ2n) is 5.55. The summed E-state index contributed by atoms with van der Waals surface area (Å²) in [5.74, 6) is -1.67. The van der Waals surface area contributed by atoms with E-state index in [1.165, 1.54) is 0 Å². The Bertz CT molecular complexity index is 607. The first-order valence-corrected chi connectivity index (χ1v) is 7.45. The Morgan fingerprint density at radius 2 is 1.91 bits per heavy atom. The maximum Gasteiger partial charge on any atom is 0.326 e. The van der Waals surface area contributed by atoms with Gasteiger partial charge in [-0.1, -0.05) is 27.7 Å². The standard InChI is InChI=1S/C15H23N3O4/c1-5-9-10(6-2)17-18-14(20)12(9)13(19)16-11(15(21)22)7-8(3)4/h8,11H,5-7H2,1-4H3,(H,16,19)(H,18,20)(H,21,22)/t11-/m1/s1. The van der Waals surface area contributed by atoms with Gasteiger partial charge in [0.15, 0.2) is 0 Å². The number of nitrogens with zero attached hydrogens (tertiary/aromatic N) is 1. The summed E-state index contributed by atoms with van der Waals surface area (Å²) in [6.07, 6.45) is 1.35. The molecule has 0 aliphatic carbocycles. The number of aromatic amines is 1. The van der Waals surface area contributed by atoms with Crippen LogP contribution in [0.15, 0.2) is 4.79 Å². The number of aliphatic carboxylic acids is 1. The summed E-state index contributed by atoms with van der Waals surface area (Å²) in [6.45, 7) is 7.44. The highest BCUT2D eigenvalue weighted by molar-refractivity contribution is 5.97. The van der Waals surface area contributed by atoms with E-state index in [-0.39, 0.29) is 11.5 Å². The van der Waals surface area contributed by atoms with Crippen molar-refractivity contribution < 1.29 is 14.7 Å². The first kappa shape index (κ1) is 17.9. The molecule has 0 aliphatic heterocycles. The minimum absolute atomic E-state index is 0.0376. The number of aryl methyl sites for hydroxylation is 1. The zero-order chi connectivity index (χ0) is 16.9. The molecule has 0 spiro atoms. The minimum Gasteiger partial charge on any atom is -0.480 e. The molecule has 0 aliphatic rings. The molecule has 0 unspecified atom stereocenters. The Morgan fingerprint density at radius 3 is 2.36 bits per heavy atom. The number of carboxylic acid groups (broad SMARTS) is 1. The van der Waals surface area contributed by atoms with Crippen molar-refractivity contribution in [3.63, 3.8) is 0 Å². The number of carboxylic acids is 1. The molecule has 1 heterocycles. The van der Waals surface area contributed by atoms with Gasteiger partial charge in [-0.15, -0.1) is 0 Å². The number of hydrogen-bond acceptors (Lipinski definition) is 4. The topological polar surface area (TPSA) is 112 Å². The lowest BCUT2D eigenvalue weighted by molar-refractivity contribution is -0.139. The van der Waals surface area contributed by atoms with Gasteiger partial charge < -0.3 is 10.4 Å². The van der Waals surface area contributed by atoms with E-state index in [0.29, 0.717) is 30.5 Å². The highest BCUT2D eigenvalue weighted by atomic mass is 16.4. The van der Waals surface area contributed by atoms with Gasteiger partial charge in [0.25, 0.3) is 11.5 Å². The largest absolute Gasteiger partial charge is 0.480 e. The summed E-state index contributed by atoms with van der Waals surface area (Å²) < 4.78 is 0. The lowest BCUT2D eigenvalue weighted by atomic mass is 10.0. The van der Waals surface area contributed by atoms with Crippen LogP contribution in [0.2, 0.25) is 0 Å². The predicted octanol–water partition coefficient (Wildman–Crippen LogP) is 1.12. The van der Waals surface area contributed by atoms with Crippen molar-refractivity contribution in [2.75, 3.05) is 0 Å². The zero-order valence-corrected chi connectivity index (χ0v) is 13.4. The molecule has 0 saturated carbocycles. The molecule has 7 heteroatoms. The van der Waals surface area contributed by atoms with Crippen molar-refractivity contribution >= 4 is 11.9 Å². The van der Waals surface area contributed by atoms with Gasteiger partial charge in [0.2, 0.25) is 0 Å². The normalized spacial score (nSPS) is 12.2. The van der Waals surface area contributed by atoms with Crippen molar-refractivity contribution in [2.45, 2.75) is 53.0 Å². The van der Waals surface area contributed by atoms with E-state index in [0.717, 1.165) is 0 Å². The highest BCUT2D eigenvalue weighted by Gasteiger charge is 2.25. The second kappa shape index (κ2) is 7.72. The van der Waals surface area contributed by atoms with Crippen LogP contribution in [-0.4, -0.2) is 33.2 Å². The molecule has 0 bridgehead atoms. The summed E-state index contributed by atoms with van der Waals surface area (Å²) >= 11 is 0. The minimum atomic E-state index is -1.11. The van der Waals surface area contributed by atoms with Crippen LogP contribution in [-0.2, 0) is 17.6 Å². The van der Waals surface area contributed by atoms with Crippen molar-refractivity contribution in [3.05, 3.63) is 27.2 Å². The molecule has 22 heavy (non-hydrogen) atoms. The van der Waals surface area contributed by atoms with Crippen LogP contribution < -0.4 is 10.9 Å². The predicted molar refractivity (Wildman–Crippen MR) is 82.0 cm³/mol. The third-order valence-electron chi connectivity index (χ3n) is 3.40. The number of carbonyl (C=O) groups excluding carboxylic acids is 1. The Balaban J connectivity index is 3.17. The molecule has 1 rings (SSSR count). The van der Waals surface area contributed by atoms with Gasteiger partial charge in [-0.2, -0.15) is 5.10 Å². The molecular formula is C15H23N3O4. The Morgan fingerprint density at radius 1 is 1.27 bits per heavy atom. The average Bonchev–Trinajstić information content (AvgIpc) is 2.45. The van der Waals surface area contributed by atoms with E-state index in [1.807, 2.05) is 27.7 Å². The Labute approximate surface area is 129 Å². The number of hydrogen-bond donors (Lipinski definition) is 3. The van der Waals surface area contributed by atoms with E-state index in [2.05, 4.69) is 15.5 Å². The van der Waals surface area contributed by atoms with Crippen LogP contribution in [0.25, 0.3) is 0 Å². The number of nitrogens with one attached hydrogen (secondary N) is 2. The molecule has 0 aromatic carbocycles. The second-order valence-corrected chi connectivity index (χ2v) is 5.55. The molecule has 0 fully saturated rings. The highest BCUT2D eigenvalue weighted by Crippen LogP contribution is 2.11. The van der Waals surface area contributed by atoms with Crippen LogP contribution in [0.1, 0.15) is 55.7 Å². The fraction of sp³-hybridized carbons (Fsp3) is 0.600. The molecule has 7 nitrogen and oxygen atoms in total. The fourth-order valence-corrected chi connectivity index (χ4v) is 2.36. The number of aromatic nitrogens is 2. The summed E-state index contributed by atoms with van der Waals surface area (Å²) in [5, 5.41) is 17.9. The summed E-state index contributed by atoms with van der Waals surface area (Å²) in [6, 6.07) is -1.02. The SMILES string of the molecule is CCc1n[nH]c(=O)c(C(=O)N[C@H](CC(C)C)C(=O)O)c1CC. The zero-order valence-electron chi connectivity index (χ0n) is 13.4. The number of amides is 1. The molecule has 1 amide bonds. The van der Waals surface area contributed by atoms with Gasteiger partial charge in [-0.3, -0.25) is 9.59 Å². The molecule has 0 radical (unpaired) electrons. The monoisotopic (exact) mass is 309 g/mol. The molecule has 122 valence electrons. The third-order valence-corrected chi connectivity index (χ3v) is 3.40. The van der Waals surface area contributed by atoms with E-state index in [9.17, 15) is 19.5 Å².